The maximum atomic E-state index is 12.1. The van der Waals surface area contributed by atoms with Gasteiger partial charge in [-0.1, -0.05) is 30.3 Å². The second-order valence-electron chi connectivity index (χ2n) is 4.60. The third-order valence-electron chi connectivity index (χ3n) is 3.31. The molecule has 0 aromatic heterocycles. The molecule has 0 saturated heterocycles. The van der Waals surface area contributed by atoms with Gasteiger partial charge in [-0.2, -0.15) is 5.26 Å². The second kappa shape index (κ2) is 6.78. The molecule has 0 fully saturated rings. The van der Waals surface area contributed by atoms with Gasteiger partial charge in [0.15, 0.2) is 0 Å². The van der Waals surface area contributed by atoms with Crippen LogP contribution in [0.15, 0.2) is 53.1 Å². The van der Waals surface area contributed by atoms with Gasteiger partial charge in [-0.3, -0.25) is 0 Å². The van der Waals surface area contributed by atoms with Crippen molar-refractivity contribution in [1.29, 1.82) is 5.26 Å². The van der Waals surface area contributed by atoms with Gasteiger partial charge in [0.05, 0.1) is 24.7 Å². The van der Waals surface area contributed by atoms with Crippen LogP contribution in [0.1, 0.15) is 11.5 Å². The molecule has 22 heavy (non-hydrogen) atoms. The number of nitrogens with two attached hydrogens (primary N) is 1. The molecular formula is C16H16N2O4. The molecule has 1 aliphatic rings. The topological polar surface area (TPSA) is 94.6 Å². The first-order valence-electron chi connectivity index (χ1n) is 6.56. The Morgan fingerprint density at radius 3 is 2.59 bits per heavy atom. The van der Waals surface area contributed by atoms with E-state index in [9.17, 15) is 10.1 Å². The van der Waals surface area contributed by atoms with E-state index in [4.69, 9.17) is 19.9 Å². The van der Waals surface area contributed by atoms with E-state index in [-0.39, 0.29) is 23.6 Å². The molecule has 6 heteroatoms. The van der Waals surface area contributed by atoms with Crippen LogP contribution in [0.4, 0.5) is 0 Å². The van der Waals surface area contributed by atoms with Crippen molar-refractivity contribution in [2.24, 2.45) is 5.73 Å². The van der Waals surface area contributed by atoms with E-state index in [1.54, 1.807) is 0 Å². The van der Waals surface area contributed by atoms with Crippen molar-refractivity contribution in [1.82, 2.24) is 0 Å². The minimum atomic E-state index is -0.641. The first kappa shape index (κ1) is 15.6. The summed E-state index contributed by atoms with van der Waals surface area (Å²) in [5, 5.41) is 9.52. The fraction of sp³-hybridized carbons (Fsp3) is 0.250. The minimum Gasteiger partial charge on any atom is -0.465 e. The van der Waals surface area contributed by atoms with Crippen molar-refractivity contribution in [3.05, 3.63) is 58.7 Å². The Morgan fingerprint density at radius 1 is 1.36 bits per heavy atom. The number of esters is 1. The van der Waals surface area contributed by atoms with Crippen LogP contribution in [0.3, 0.4) is 0 Å². The highest BCUT2D eigenvalue weighted by atomic mass is 16.5. The summed E-state index contributed by atoms with van der Waals surface area (Å²) < 4.78 is 15.2. The summed E-state index contributed by atoms with van der Waals surface area (Å²) in [6.07, 6.45) is 0. The number of allylic oxidation sites excluding steroid dienone is 1. The Hall–Kier alpha value is -2.78. The standard InChI is InChI=1S/C16H16N2O4/c1-20-9-12-11(8-17)13(10-6-4-3-5-7-10)14(15(18)22-12)16(19)21-2/h3-7,13H,9,18H2,1-2H3. The van der Waals surface area contributed by atoms with E-state index < -0.39 is 11.9 Å². The third kappa shape index (κ3) is 2.80. The van der Waals surface area contributed by atoms with Gasteiger partial charge in [-0.25, -0.2) is 4.79 Å². The average molecular weight is 300 g/mol. The molecule has 1 heterocycles. The summed E-state index contributed by atoms with van der Waals surface area (Å²) in [5.74, 6) is -1.05. The summed E-state index contributed by atoms with van der Waals surface area (Å²) >= 11 is 0. The highest BCUT2D eigenvalue weighted by molar-refractivity contribution is 5.92. The number of nitriles is 1. The second-order valence-corrected chi connectivity index (χ2v) is 4.60. The maximum Gasteiger partial charge on any atom is 0.340 e. The van der Waals surface area contributed by atoms with Crippen LogP contribution in [-0.4, -0.2) is 26.8 Å². The van der Waals surface area contributed by atoms with Crippen molar-refractivity contribution < 1.29 is 19.0 Å². The minimum absolute atomic E-state index is 0.0771. The van der Waals surface area contributed by atoms with Crippen LogP contribution in [0, 0.1) is 11.3 Å². The van der Waals surface area contributed by atoms with E-state index in [0.717, 1.165) is 5.56 Å². The normalized spacial score (nSPS) is 17.8. The van der Waals surface area contributed by atoms with Crippen LogP contribution in [0.25, 0.3) is 0 Å². The predicted octanol–water partition coefficient (Wildman–Crippen LogP) is 1.57. The lowest BCUT2D eigenvalue weighted by Crippen LogP contribution is -2.27. The molecule has 6 nitrogen and oxygen atoms in total. The largest absolute Gasteiger partial charge is 0.465 e. The van der Waals surface area contributed by atoms with Crippen molar-refractivity contribution in [3.63, 3.8) is 0 Å². The molecule has 1 aliphatic heterocycles. The molecular weight excluding hydrogens is 284 g/mol. The number of hydrogen-bond acceptors (Lipinski definition) is 6. The molecule has 2 rings (SSSR count). The van der Waals surface area contributed by atoms with Crippen molar-refractivity contribution in [2.75, 3.05) is 20.8 Å². The monoisotopic (exact) mass is 300 g/mol. The van der Waals surface area contributed by atoms with Crippen LogP contribution >= 0.6 is 0 Å². The smallest absolute Gasteiger partial charge is 0.340 e. The zero-order valence-electron chi connectivity index (χ0n) is 12.3. The number of ether oxygens (including phenoxy) is 3. The Balaban J connectivity index is 2.63. The Kier molecular flexibility index (Phi) is 4.81. The van der Waals surface area contributed by atoms with E-state index in [1.165, 1.54) is 14.2 Å². The lowest BCUT2D eigenvalue weighted by Gasteiger charge is -2.27. The number of nitrogens with zero attached hydrogens (tertiary/aromatic N) is 1. The Bertz CT molecular complexity index is 671. The number of carbonyl (C=O) groups is 1. The van der Waals surface area contributed by atoms with Gasteiger partial charge < -0.3 is 19.9 Å². The van der Waals surface area contributed by atoms with Crippen molar-refractivity contribution >= 4 is 5.97 Å². The first-order valence-corrected chi connectivity index (χ1v) is 6.56. The van der Waals surface area contributed by atoms with Gasteiger partial charge >= 0.3 is 5.97 Å². The quantitative estimate of drug-likeness (QED) is 0.848. The van der Waals surface area contributed by atoms with Gasteiger partial charge in [-0.15, -0.1) is 0 Å². The summed E-state index contributed by atoms with van der Waals surface area (Å²) in [5.41, 5.74) is 7.02. The average Bonchev–Trinajstić information content (AvgIpc) is 2.54. The molecule has 0 radical (unpaired) electrons. The molecule has 1 aromatic rings. The third-order valence-corrected chi connectivity index (χ3v) is 3.31. The molecule has 0 saturated carbocycles. The van der Waals surface area contributed by atoms with Gasteiger partial charge in [0, 0.05) is 7.11 Å². The molecule has 1 unspecified atom stereocenters. The molecule has 1 aromatic carbocycles. The summed E-state index contributed by atoms with van der Waals surface area (Å²) in [7, 11) is 2.74. The highest BCUT2D eigenvalue weighted by Gasteiger charge is 2.37. The zero-order chi connectivity index (χ0) is 16.1. The summed E-state index contributed by atoms with van der Waals surface area (Å²) in [4.78, 5) is 12.1. The molecule has 0 amide bonds. The van der Waals surface area contributed by atoms with Crippen molar-refractivity contribution in [3.8, 4) is 6.07 Å². The SMILES string of the molecule is COCC1=C(C#N)C(c2ccccc2)C(C(=O)OC)=C(N)O1. The molecule has 0 spiro atoms. The lowest BCUT2D eigenvalue weighted by molar-refractivity contribution is -0.136. The fourth-order valence-electron chi connectivity index (χ4n) is 2.36. The van der Waals surface area contributed by atoms with Gasteiger partial charge in [-0.05, 0) is 5.56 Å². The van der Waals surface area contributed by atoms with Crippen LogP contribution in [0.2, 0.25) is 0 Å². The lowest BCUT2D eigenvalue weighted by atomic mass is 9.83. The van der Waals surface area contributed by atoms with Gasteiger partial charge in [0.25, 0.3) is 0 Å². The fourth-order valence-corrected chi connectivity index (χ4v) is 2.36. The summed E-state index contributed by atoms with van der Waals surface area (Å²) in [6.45, 7) is 0.0847. The first-order chi connectivity index (χ1) is 10.6. The number of rotatable bonds is 4. The van der Waals surface area contributed by atoms with E-state index >= 15 is 0 Å². The highest BCUT2D eigenvalue weighted by Crippen LogP contribution is 2.39. The molecule has 0 aliphatic carbocycles. The zero-order valence-corrected chi connectivity index (χ0v) is 12.3. The Labute approximate surface area is 128 Å². The predicted molar refractivity (Wildman–Crippen MR) is 78.0 cm³/mol. The molecule has 1 atom stereocenters. The van der Waals surface area contributed by atoms with Gasteiger partial charge in [0.2, 0.25) is 5.88 Å². The van der Waals surface area contributed by atoms with Crippen LogP contribution in [0.5, 0.6) is 0 Å². The molecule has 114 valence electrons. The van der Waals surface area contributed by atoms with E-state index in [0.29, 0.717) is 5.76 Å². The van der Waals surface area contributed by atoms with Crippen molar-refractivity contribution in [2.45, 2.75) is 5.92 Å². The number of hydrogen-bond donors (Lipinski definition) is 1. The Morgan fingerprint density at radius 2 is 2.05 bits per heavy atom. The maximum absolute atomic E-state index is 12.1. The van der Waals surface area contributed by atoms with Crippen LogP contribution < -0.4 is 5.73 Å². The summed E-state index contributed by atoms with van der Waals surface area (Å²) in [6, 6.07) is 11.2. The molecule has 2 N–H and O–H groups in total. The van der Waals surface area contributed by atoms with Gasteiger partial charge in [0.1, 0.15) is 17.9 Å². The van der Waals surface area contributed by atoms with Crippen LogP contribution in [-0.2, 0) is 19.0 Å². The number of carbonyl (C=O) groups excluding carboxylic acids is 1. The number of methoxy groups -OCH3 is 2. The van der Waals surface area contributed by atoms with E-state index in [1.807, 2.05) is 30.3 Å². The van der Waals surface area contributed by atoms with E-state index in [2.05, 4.69) is 6.07 Å². The molecule has 0 bridgehead atoms. The number of benzene rings is 1.